The van der Waals surface area contributed by atoms with E-state index < -0.39 is 11.8 Å². The summed E-state index contributed by atoms with van der Waals surface area (Å²) in [5.74, 6) is -0.263. The molecule has 3 heterocycles. The highest BCUT2D eigenvalue weighted by Crippen LogP contribution is 2.23. The van der Waals surface area contributed by atoms with Crippen molar-refractivity contribution in [2.75, 3.05) is 38.3 Å². The lowest BCUT2D eigenvalue weighted by atomic mass is 10.1. The van der Waals surface area contributed by atoms with Crippen LogP contribution in [0.1, 0.15) is 26.5 Å². The fourth-order valence-corrected chi connectivity index (χ4v) is 3.98. The van der Waals surface area contributed by atoms with Gasteiger partial charge in [-0.1, -0.05) is 0 Å². The van der Waals surface area contributed by atoms with E-state index in [1.165, 1.54) is 11.3 Å². The molecule has 3 aromatic rings. The van der Waals surface area contributed by atoms with E-state index in [1.54, 1.807) is 31.5 Å². The summed E-state index contributed by atoms with van der Waals surface area (Å²) in [7, 11) is 1.58. The van der Waals surface area contributed by atoms with Crippen LogP contribution in [-0.4, -0.2) is 55.2 Å². The van der Waals surface area contributed by atoms with E-state index in [9.17, 15) is 9.59 Å². The van der Waals surface area contributed by atoms with Gasteiger partial charge >= 0.3 is 0 Å². The molecule has 0 unspecified atom stereocenters. The number of hydrogen-bond acceptors (Lipinski definition) is 8. The van der Waals surface area contributed by atoms with Crippen molar-refractivity contribution in [3.63, 3.8) is 0 Å². The Labute approximate surface area is 177 Å². The van der Waals surface area contributed by atoms with Crippen LogP contribution in [0.5, 0.6) is 5.75 Å². The maximum absolute atomic E-state index is 12.6. The number of morpholine rings is 1. The molecule has 0 saturated carbocycles. The topological polar surface area (TPSA) is 106 Å². The maximum atomic E-state index is 12.6. The van der Waals surface area contributed by atoms with Crippen LogP contribution in [-0.2, 0) is 4.74 Å². The first kappa shape index (κ1) is 20.0. The first-order chi connectivity index (χ1) is 14.5. The van der Waals surface area contributed by atoms with Gasteiger partial charge in [-0.2, -0.15) is 0 Å². The van der Waals surface area contributed by atoms with E-state index in [2.05, 4.69) is 25.7 Å². The molecule has 156 valence electrons. The molecule has 1 fully saturated rings. The third-order valence-electron chi connectivity index (χ3n) is 4.75. The van der Waals surface area contributed by atoms with E-state index in [0.717, 1.165) is 29.1 Å². The molecular formula is C20H21N5O4S. The number of amides is 2. The van der Waals surface area contributed by atoms with E-state index in [-0.39, 0.29) is 5.69 Å². The number of nitrogens with zero attached hydrogens (tertiary/aromatic N) is 3. The monoisotopic (exact) mass is 427 g/mol. The molecule has 4 rings (SSSR count). The zero-order valence-corrected chi connectivity index (χ0v) is 17.4. The second kappa shape index (κ2) is 8.64. The van der Waals surface area contributed by atoms with Crippen molar-refractivity contribution in [3.8, 4) is 5.75 Å². The zero-order valence-electron chi connectivity index (χ0n) is 16.6. The second-order valence-electron chi connectivity index (χ2n) is 6.70. The number of carbonyl (C=O) groups excluding carboxylic acids is 2. The summed E-state index contributed by atoms with van der Waals surface area (Å²) in [6.45, 7) is 4.51. The SMILES string of the molecule is COc1ccc2nc(C)c(C(=O)NNC(=O)c3csc(N4CCOCC4)n3)cc2c1. The summed E-state index contributed by atoms with van der Waals surface area (Å²) in [4.78, 5) is 35.9. The van der Waals surface area contributed by atoms with Crippen LogP contribution in [0.4, 0.5) is 5.13 Å². The van der Waals surface area contributed by atoms with Crippen molar-refractivity contribution in [2.24, 2.45) is 0 Å². The maximum Gasteiger partial charge on any atom is 0.289 e. The van der Waals surface area contributed by atoms with E-state index in [4.69, 9.17) is 9.47 Å². The van der Waals surface area contributed by atoms with Crippen molar-refractivity contribution in [3.05, 3.63) is 46.6 Å². The molecule has 1 saturated heterocycles. The van der Waals surface area contributed by atoms with Gasteiger partial charge in [0.05, 0.1) is 37.1 Å². The zero-order chi connectivity index (χ0) is 21.1. The Hall–Kier alpha value is -3.24. The molecule has 1 aliphatic heterocycles. The largest absolute Gasteiger partial charge is 0.497 e. The lowest BCUT2D eigenvalue weighted by molar-refractivity contribution is 0.0844. The number of aryl methyl sites for hydroxylation is 1. The summed E-state index contributed by atoms with van der Waals surface area (Å²) in [6, 6.07) is 7.17. The summed E-state index contributed by atoms with van der Waals surface area (Å²) >= 11 is 1.39. The molecule has 0 atom stereocenters. The molecule has 1 aromatic carbocycles. The minimum atomic E-state index is -0.479. The van der Waals surface area contributed by atoms with Gasteiger partial charge in [0.15, 0.2) is 5.13 Å². The Balaban J connectivity index is 1.43. The van der Waals surface area contributed by atoms with Crippen molar-refractivity contribution in [1.29, 1.82) is 0 Å². The fourth-order valence-electron chi connectivity index (χ4n) is 3.12. The van der Waals surface area contributed by atoms with Gasteiger partial charge in [-0.05, 0) is 31.2 Å². The molecule has 10 heteroatoms. The third kappa shape index (κ3) is 4.19. The van der Waals surface area contributed by atoms with Crippen molar-refractivity contribution < 1.29 is 19.1 Å². The lowest BCUT2D eigenvalue weighted by Crippen LogP contribution is -2.42. The Bertz CT molecular complexity index is 1090. The number of methoxy groups -OCH3 is 1. The van der Waals surface area contributed by atoms with Crippen LogP contribution in [0.3, 0.4) is 0 Å². The fraction of sp³-hybridized carbons (Fsp3) is 0.300. The van der Waals surface area contributed by atoms with Crippen LogP contribution in [0.2, 0.25) is 0 Å². The Morgan fingerprint density at radius 1 is 1.13 bits per heavy atom. The summed E-state index contributed by atoms with van der Waals surface area (Å²) < 4.78 is 10.6. The normalized spacial score (nSPS) is 13.9. The number of hydrogen-bond donors (Lipinski definition) is 2. The van der Waals surface area contributed by atoms with Crippen LogP contribution < -0.4 is 20.5 Å². The molecule has 0 radical (unpaired) electrons. The molecule has 1 aliphatic rings. The van der Waals surface area contributed by atoms with Crippen LogP contribution in [0.25, 0.3) is 10.9 Å². The Morgan fingerprint density at radius 3 is 2.67 bits per heavy atom. The molecule has 0 spiro atoms. The summed E-state index contributed by atoms with van der Waals surface area (Å²) in [5.41, 5.74) is 6.79. The van der Waals surface area contributed by atoms with Crippen LogP contribution in [0.15, 0.2) is 29.6 Å². The summed E-state index contributed by atoms with van der Waals surface area (Å²) in [5, 5.41) is 3.20. The Morgan fingerprint density at radius 2 is 1.90 bits per heavy atom. The molecular weight excluding hydrogens is 406 g/mol. The summed E-state index contributed by atoms with van der Waals surface area (Å²) in [6.07, 6.45) is 0. The third-order valence-corrected chi connectivity index (χ3v) is 5.65. The number of benzene rings is 1. The minimum absolute atomic E-state index is 0.250. The van der Waals surface area contributed by atoms with Gasteiger partial charge < -0.3 is 14.4 Å². The second-order valence-corrected chi connectivity index (χ2v) is 7.54. The average Bonchev–Trinajstić information content (AvgIpc) is 3.27. The lowest BCUT2D eigenvalue weighted by Gasteiger charge is -2.25. The highest BCUT2D eigenvalue weighted by atomic mass is 32.1. The van der Waals surface area contributed by atoms with Gasteiger partial charge in [0.2, 0.25) is 0 Å². The van der Waals surface area contributed by atoms with Gasteiger partial charge in [-0.3, -0.25) is 25.4 Å². The number of ether oxygens (including phenoxy) is 2. The van der Waals surface area contributed by atoms with E-state index in [0.29, 0.717) is 30.2 Å². The van der Waals surface area contributed by atoms with Gasteiger partial charge in [0.25, 0.3) is 11.8 Å². The highest BCUT2D eigenvalue weighted by molar-refractivity contribution is 7.13. The Kier molecular flexibility index (Phi) is 5.77. The quantitative estimate of drug-likeness (QED) is 0.613. The van der Waals surface area contributed by atoms with E-state index >= 15 is 0 Å². The molecule has 2 aromatic heterocycles. The standard InChI is InChI=1S/C20H21N5O4S/c1-12-15(10-13-9-14(28-2)3-4-16(13)21-12)18(26)23-24-19(27)17-11-30-20(22-17)25-5-7-29-8-6-25/h3-4,9-11H,5-8H2,1-2H3,(H,23,26)(H,24,27). The number of carbonyl (C=O) groups is 2. The molecule has 0 bridgehead atoms. The highest BCUT2D eigenvalue weighted by Gasteiger charge is 2.18. The number of aromatic nitrogens is 2. The molecule has 9 nitrogen and oxygen atoms in total. The van der Waals surface area contributed by atoms with Crippen LogP contribution in [0, 0.1) is 6.92 Å². The van der Waals surface area contributed by atoms with Gasteiger partial charge in [0.1, 0.15) is 11.4 Å². The average molecular weight is 427 g/mol. The number of nitrogens with one attached hydrogen (secondary N) is 2. The molecule has 2 N–H and O–H groups in total. The number of fused-ring (bicyclic) bond motifs is 1. The predicted molar refractivity (Wildman–Crippen MR) is 113 cm³/mol. The van der Waals surface area contributed by atoms with Gasteiger partial charge in [-0.25, -0.2) is 4.98 Å². The van der Waals surface area contributed by atoms with Crippen LogP contribution >= 0.6 is 11.3 Å². The van der Waals surface area contributed by atoms with Crippen molar-refractivity contribution >= 4 is 39.2 Å². The molecule has 30 heavy (non-hydrogen) atoms. The first-order valence-corrected chi connectivity index (χ1v) is 10.3. The van der Waals surface area contributed by atoms with E-state index in [1.807, 2.05) is 12.1 Å². The molecule has 2 amide bonds. The molecule has 0 aliphatic carbocycles. The number of thiazole rings is 1. The number of anilines is 1. The smallest absolute Gasteiger partial charge is 0.289 e. The number of hydrazine groups is 1. The number of rotatable bonds is 4. The van der Waals surface area contributed by atoms with Gasteiger partial charge in [0, 0.05) is 23.9 Å². The first-order valence-electron chi connectivity index (χ1n) is 9.39. The number of pyridine rings is 1. The van der Waals surface area contributed by atoms with Gasteiger partial charge in [-0.15, -0.1) is 11.3 Å². The predicted octanol–water partition coefficient (Wildman–Crippen LogP) is 1.92. The van der Waals surface area contributed by atoms with Crippen molar-refractivity contribution in [1.82, 2.24) is 20.8 Å². The van der Waals surface area contributed by atoms with Crippen molar-refractivity contribution in [2.45, 2.75) is 6.92 Å². The minimum Gasteiger partial charge on any atom is -0.497 e.